The molecule has 0 radical (unpaired) electrons. The lowest BCUT2D eigenvalue weighted by atomic mass is 10.1. The van der Waals surface area contributed by atoms with Gasteiger partial charge in [-0.25, -0.2) is 4.98 Å². The first-order valence-corrected chi connectivity index (χ1v) is 8.09. The van der Waals surface area contributed by atoms with Gasteiger partial charge in [-0.15, -0.1) is 0 Å². The van der Waals surface area contributed by atoms with Gasteiger partial charge in [-0.05, 0) is 32.9 Å². The first kappa shape index (κ1) is 23.0. The Hall–Kier alpha value is -2.07. The second-order valence-electron chi connectivity index (χ2n) is 6.39. The maximum absolute atomic E-state index is 12.6. The quantitative estimate of drug-likeness (QED) is 0.420. The topological polar surface area (TPSA) is 86.8 Å². The van der Waals surface area contributed by atoms with Crippen LogP contribution < -0.4 is 10.1 Å². The monoisotopic (exact) mass is 412 g/mol. The SMILES string of the molecule is COCOc1ccc([C@@H](CC(=O)OC(C)(C)C)NC(=O)C(F)(F)F)nc1Cl. The first-order chi connectivity index (χ1) is 12.3. The van der Waals surface area contributed by atoms with Gasteiger partial charge in [0.25, 0.3) is 0 Å². The Balaban J connectivity index is 3.07. The first-order valence-electron chi connectivity index (χ1n) is 7.71. The molecule has 0 fully saturated rings. The number of methoxy groups -OCH3 is 1. The van der Waals surface area contributed by atoms with Crippen molar-refractivity contribution >= 4 is 23.5 Å². The summed E-state index contributed by atoms with van der Waals surface area (Å²) in [5.41, 5.74) is -0.910. The molecule has 0 aliphatic carbocycles. The molecule has 152 valence electrons. The van der Waals surface area contributed by atoms with Gasteiger partial charge in [-0.2, -0.15) is 13.2 Å². The van der Waals surface area contributed by atoms with Crippen LogP contribution in [0.4, 0.5) is 13.2 Å². The zero-order chi connectivity index (χ0) is 20.8. The molecule has 0 bridgehead atoms. The van der Waals surface area contributed by atoms with Gasteiger partial charge in [0.1, 0.15) is 5.60 Å². The number of aromatic nitrogens is 1. The number of rotatable bonds is 7. The molecule has 1 aromatic heterocycles. The van der Waals surface area contributed by atoms with Crippen LogP contribution in [0.25, 0.3) is 0 Å². The molecule has 0 spiro atoms. The Labute approximate surface area is 159 Å². The molecule has 0 saturated heterocycles. The van der Waals surface area contributed by atoms with Crippen molar-refractivity contribution in [2.45, 2.75) is 45.0 Å². The summed E-state index contributed by atoms with van der Waals surface area (Å²) in [6.45, 7) is 4.69. The Morgan fingerprint density at radius 1 is 1.26 bits per heavy atom. The smallest absolute Gasteiger partial charge is 0.464 e. The molecule has 0 aliphatic rings. The van der Waals surface area contributed by atoms with Crippen molar-refractivity contribution in [2.24, 2.45) is 0 Å². The van der Waals surface area contributed by atoms with Crippen molar-refractivity contribution in [1.29, 1.82) is 0 Å². The van der Waals surface area contributed by atoms with E-state index in [0.717, 1.165) is 0 Å². The summed E-state index contributed by atoms with van der Waals surface area (Å²) in [5.74, 6) is -2.90. The Bertz CT molecular complexity index is 677. The molecular formula is C16H20ClF3N2O5. The fraction of sp³-hybridized carbons (Fsp3) is 0.562. The maximum atomic E-state index is 12.6. The average Bonchev–Trinajstić information content (AvgIpc) is 2.50. The van der Waals surface area contributed by atoms with Gasteiger partial charge >= 0.3 is 18.1 Å². The Morgan fingerprint density at radius 2 is 1.89 bits per heavy atom. The molecule has 0 unspecified atom stereocenters. The van der Waals surface area contributed by atoms with Crippen molar-refractivity contribution in [1.82, 2.24) is 10.3 Å². The summed E-state index contributed by atoms with van der Waals surface area (Å²) in [6.07, 6.45) is -5.70. The van der Waals surface area contributed by atoms with Crippen LogP contribution in [0.15, 0.2) is 12.1 Å². The fourth-order valence-electron chi connectivity index (χ4n) is 1.88. The minimum Gasteiger partial charge on any atom is -0.464 e. The summed E-state index contributed by atoms with van der Waals surface area (Å²) in [7, 11) is 1.39. The van der Waals surface area contributed by atoms with Crippen LogP contribution in [-0.4, -0.2) is 42.5 Å². The predicted molar refractivity (Wildman–Crippen MR) is 89.2 cm³/mol. The lowest BCUT2D eigenvalue weighted by molar-refractivity contribution is -0.175. The predicted octanol–water partition coefficient (Wildman–Crippen LogP) is 3.17. The third kappa shape index (κ3) is 8.00. The van der Waals surface area contributed by atoms with Crippen LogP contribution in [0.5, 0.6) is 5.75 Å². The number of amides is 1. The lowest BCUT2D eigenvalue weighted by Crippen LogP contribution is -2.40. The number of nitrogens with zero attached hydrogens (tertiary/aromatic N) is 1. The maximum Gasteiger partial charge on any atom is 0.471 e. The Kier molecular flexibility index (Phi) is 7.85. The van der Waals surface area contributed by atoms with E-state index in [1.807, 2.05) is 0 Å². The fourth-order valence-corrected chi connectivity index (χ4v) is 2.09. The van der Waals surface area contributed by atoms with Gasteiger partial charge in [0.15, 0.2) is 17.7 Å². The van der Waals surface area contributed by atoms with Crippen molar-refractivity contribution in [3.8, 4) is 5.75 Å². The molecule has 0 aliphatic heterocycles. The van der Waals surface area contributed by atoms with Crippen LogP contribution in [0.1, 0.15) is 38.9 Å². The molecule has 7 nitrogen and oxygen atoms in total. The molecule has 1 N–H and O–H groups in total. The molecule has 1 aromatic rings. The summed E-state index contributed by atoms with van der Waals surface area (Å²) >= 11 is 5.94. The van der Waals surface area contributed by atoms with Crippen molar-refractivity contribution in [3.05, 3.63) is 23.0 Å². The molecule has 0 saturated carbocycles. The van der Waals surface area contributed by atoms with Crippen molar-refractivity contribution < 1.29 is 37.0 Å². The second-order valence-corrected chi connectivity index (χ2v) is 6.75. The summed E-state index contributed by atoms with van der Waals surface area (Å²) in [5, 5.41) is 1.56. The lowest BCUT2D eigenvalue weighted by Gasteiger charge is -2.23. The molecule has 1 amide bonds. The highest BCUT2D eigenvalue weighted by Gasteiger charge is 2.40. The highest BCUT2D eigenvalue weighted by atomic mass is 35.5. The van der Waals surface area contributed by atoms with Crippen LogP contribution >= 0.6 is 11.6 Å². The van der Waals surface area contributed by atoms with Crippen LogP contribution in [0.3, 0.4) is 0 Å². The highest BCUT2D eigenvalue weighted by Crippen LogP contribution is 2.27. The molecule has 27 heavy (non-hydrogen) atoms. The number of esters is 1. The molecule has 11 heteroatoms. The number of pyridine rings is 1. The summed E-state index contributed by atoms with van der Waals surface area (Å²) in [4.78, 5) is 27.2. The second kappa shape index (κ2) is 9.23. The molecule has 1 rings (SSSR count). The number of hydrogen-bond donors (Lipinski definition) is 1. The highest BCUT2D eigenvalue weighted by molar-refractivity contribution is 6.30. The third-order valence-electron chi connectivity index (χ3n) is 2.88. The van der Waals surface area contributed by atoms with Gasteiger partial charge < -0.3 is 19.5 Å². The average molecular weight is 413 g/mol. The van der Waals surface area contributed by atoms with E-state index in [2.05, 4.69) is 4.98 Å². The van der Waals surface area contributed by atoms with Gasteiger partial charge in [-0.3, -0.25) is 9.59 Å². The normalized spacial score (nSPS) is 13.0. The zero-order valence-corrected chi connectivity index (χ0v) is 15.9. The number of alkyl halides is 3. The van der Waals surface area contributed by atoms with E-state index in [0.29, 0.717) is 0 Å². The zero-order valence-electron chi connectivity index (χ0n) is 15.1. The van der Waals surface area contributed by atoms with E-state index in [-0.39, 0.29) is 23.4 Å². The van der Waals surface area contributed by atoms with Gasteiger partial charge in [0.2, 0.25) is 0 Å². The number of halogens is 4. The third-order valence-corrected chi connectivity index (χ3v) is 3.15. The van der Waals surface area contributed by atoms with Gasteiger partial charge in [0, 0.05) is 7.11 Å². The molecule has 0 aromatic carbocycles. The van der Waals surface area contributed by atoms with E-state index >= 15 is 0 Å². The summed E-state index contributed by atoms with van der Waals surface area (Å²) in [6, 6.07) is 1.22. The van der Waals surface area contributed by atoms with E-state index in [9.17, 15) is 22.8 Å². The number of ether oxygens (including phenoxy) is 3. The van der Waals surface area contributed by atoms with Gasteiger partial charge in [-0.1, -0.05) is 11.6 Å². The standard InChI is InChI=1S/C16H20ClF3N2O5/c1-15(2,3)27-12(23)7-10(22-14(24)16(18,19)20)9-5-6-11(13(17)21-9)26-8-25-4/h5-6,10H,7-8H2,1-4H3,(H,22,24)/t10-/m1/s1. The molecular weight excluding hydrogens is 393 g/mol. The van der Waals surface area contributed by atoms with Crippen LogP contribution in [0, 0.1) is 0 Å². The van der Waals surface area contributed by atoms with E-state index in [1.165, 1.54) is 19.2 Å². The van der Waals surface area contributed by atoms with Crippen LogP contribution in [-0.2, 0) is 19.1 Å². The number of carbonyl (C=O) groups excluding carboxylic acids is 2. The minimum atomic E-state index is -5.13. The van der Waals surface area contributed by atoms with Crippen LogP contribution in [0.2, 0.25) is 5.15 Å². The van der Waals surface area contributed by atoms with Gasteiger partial charge in [0.05, 0.1) is 18.2 Å². The van der Waals surface area contributed by atoms with E-state index in [1.54, 1.807) is 26.1 Å². The molecule has 1 heterocycles. The number of nitrogens with one attached hydrogen (secondary N) is 1. The van der Waals surface area contributed by atoms with Crippen molar-refractivity contribution in [3.63, 3.8) is 0 Å². The van der Waals surface area contributed by atoms with E-state index in [4.69, 9.17) is 25.8 Å². The summed E-state index contributed by atoms with van der Waals surface area (Å²) < 4.78 is 52.8. The molecule has 1 atom stereocenters. The van der Waals surface area contributed by atoms with E-state index < -0.39 is 36.1 Å². The van der Waals surface area contributed by atoms with Crippen molar-refractivity contribution in [2.75, 3.05) is 13.9 Å². The number of hydrogen-bond acceptors (Lipinski definition) is 6. The minimum absolute atomic E-state index is 0.0618. The Morgan fingerprint density at radius 3 is 2.37 bits per heavy atom. The number of carbonyl (C=O) groups is 2. The largest absolute Gasteiger partial charge is 0.471 e.